The number of rotatable bonds is 2. The summed E-state index contributed by atoms with van der Waals surface area (Å²) in [5, 5.41) is 10.3. The van der Waals surface area contributed by atoms with Crippen LogP contribution in [-0.2, 0) is 16.6 Å². The van der Waals surface area contributed by atoms with Gasteiger partial charge >= 0.3 is 0 Å². The SMILES string of the molecule is CCc1cccc(Cl)c1C1(C#N)CCC(=O)CC1. The van der Waals surface area contributed by atoms with Crippen molar-refractivity contribution >= 4 is 17.4 Å². The number of halogens is 1. The Bertz CT molecular complexity index is 506. The van der Waals surface area contributed by atoms with Gasteiger partial charge in [0.1, 0.15) is 5.78 Å². The van der Waals surface area contributed by atoms with Crippen LogP contribution in [0.25, 0.3) is 0 Å². The highest BCUT2D eigenvalue weighted by molar-refractivity contribution is 6.31. The van der Waals surface area contributed by atoms with Gasteiger partial charge in [-0.1, -0.05) is 30.7 Å². The van der Waals surface area contributed by atoms with E-state index >= 15 is 0 Å². The highest BCUT2D eigenvalue weighted by Gasteiger charge is 2.39. The van der Waals surface area contributed by atoms with Gasteiger partial charge in [0.25, 0.3) is 0 Å². The Balaban J connectivity index is 2.52. The third-order valence-electron chi connectivity index (χ3n) is 3.83. The lowest BCUT2D eigenvalue weighted by Crippen LogP contribution is -2.31. The van der Waals surface area contributed by atoms with Crippen LogP contribution in [0.4, 0.5) is 0 Å². The van der Waals surface area contributed by atoms with Crippen molar-refractivity contribution in [2.24, 2.45) is 0 Å². The first kappa shape index (κ1) is 13.1. The second-order valence-electron chi connectivity index (χ2n) is 4.86. The molecule has 3 heteroatoms. The monoisotopic (exact) mass is 261 g/mol. The van der Waals surface area contributed by atoms with E-state index in [1.807, 2.05) is 18.2 Å². The molecule has 0 amide bonds. The molecule has 0 spiro atoms. The standard InChI is InChI=1S/C15H16ClNO/c1-2-11-4-3-5-13(16)14(11)15(10-17)8-6-12(18)7-9-15/h3-5H,2,6-9H2,1H3. The average molecular weight is 262 g/mol. The molecule has 0 N–H and O–H groups in total. The Morgan fingerprint density at radius 3 is 2.61 bits per heavy atom. The van der Waals surface area contributed by atoms with Crippen LogP contribution in [0.2, 0.25) is 5.02 Å². The molecule has 0 heterocycles. The minimum atomic E-state index is -0.572. The number of aryl methyl sites for hydroxylation is 1. The number of nitrogens with zero attached hydrogens (tertiary/aromatic N) is 1. The number of hydrogen-bond donors (Lipinski definition) is 0. The van der Waals surface area contributed by atoms with Gasteiger partial charge < -0.3 is 0 Å². The summed E-state index contributed by atoms with van der Waals surface area (Å²) >= 11 is 6.31. The summed E-state index contributed by atoms with van der Waals surface area (Å²) in [5.41, 5.74) is 1.50. The van der Waals surface area contributed by atoms with Crippen LogP contribution in [0.5, 0.6) is 0 Å². The fourth-order valence-electron chi connectivity index (χ4n) is 2.77. The number of carbonyl (C=O) groups excluding carboxylic acids is 1. The zero-order valence-corrected chi connectivity index (χ0v) is 11.3. The predicted octanol–water partition coefficient (Wildman–Crippen LogP) is 3.81. The van der Waals surface area contributed by atoms with Gasteiger partial charge in [-0.05, 0) is 36.5 Å². The van der Waals surface area contributed by atoms with Crippen LogP contribution in [-0.4, -0.2) is 5.78 Å². The summed E-state index contributed by atoms with van der Waals surface area (Å²) in [4.78, 5) is 11.4. The molecule has 0 atom stereocenters. The molecule has 0 unspecified atom stereocenters. The van der Waals surface area contributed by atoms with Gasteiger partial charge in [-0.15, -0.1) is 0 Å². The molecule has 0 radical (unpaired) electrons. The normalized spacial score (nSPS) is 18.4. The second-order valence-corrected chi connectivity index (χ2v) is 5.27. The fraction of sp³-hybridized carbons (Fsp3) is 0.467. The first-order valence-electron chi connectivity index (χ1n) is 6.34. The molecule has 1 aromatic carbocycles. The molecule has 2 rings (SSSR count). The summed E-state index contributed by atoms with van der Waals surface area (Å²) < 4.78 is 0. The molecular weight excluding hydrogens is 246 g/mol. The summed E-state index contributed by atoms with van der Waals surface area (Å²) in [7, 11) is 0. The van der Waals surface area contributed by atoms with Crippen LogP contribution < -0.4 is 0 Å². The van der Waals surface area contributed by atoms with E-state index in [0.717, 1.165) is 17.5 Å². The van der Waals surface area contributed by atoms with Crippen molar-refractivity contribution in [1.82, 2.24) is 0 Å². The number of ketones is 1. The smallest absolute Gasteiger partial charge is 0.133 e. The molecule has 1 aliphatic rings. The highest BCUT2D eigenvalue weighted by Crippen LogP contribution is 2.42. The lowest BCUT2D eigenvalue weighted by molar-refractivity contribution is -0.120. The molecule has 1 saturated carbocycles. The molecular formula is C15H16ClNO. The molecule has 2 nitrogen and oxygen atoms in total. The lowest BCUT2D eigenvalue weighted by atomic mass is 9.68. The molecule has 94 valence electrons. The number of nitriles is 1. The van der Waals surface area contributed by atoms with Crippen molar-refractivity contribution in [2.45, 2.75) is 44.4 Å². The zero-order chi connectivity index (χ0) is 13.2. The highest BCUT2D eigenvalue weighted by atomic mass is 35.5. The Labute approximate surface area is 113 Å². The van der Waals surface area contributed by atoms with E-state index in [4.69, 9.17) is 11.6 Å². The molecule has 1 aromatic rings. The van der Waals surface area contributed by atoms with Crippen LogP contribution in [0.3, 0.4) is 0 Å². The molecule has 1 aliphatic carbocycles. The van der Waals surface area contributed by atoms with Gasteiger partial charge in [0.05, 0.1) is 11.5 Å². The maximum absolute atomic E-state index is 11.4. The second kappa shape index (κ2) is 5.12. The first-order valence-corrected chi connectivity index (χ1v) is 6.71. The van der Waals surface area contributed by atoms with Gasteiger partial charge in [-0.2, -0.15) is 5.26 Å². The number of carbonyl (C=O) groups is 1. The third-order valence-corrected chi connectivity index (χ3v) is 4.15. The quantitative estimate of drug-likeness (QED) is 0.812. The number of hydrogen-bond acceptors (Lipinski definition) is 2. The summed E-state index contributed by atoms with van der Waals surface area (Å²) in [6, 6.07) is 8.22. The van der Waals surface area contributed by atoms with E-state index in [1.165, 1.54) is 0 Å². The molecule has 0 aliphatic heterocycles. The van der Waals surface area contributed by atoms with Crippen molar-refractivity contribution in [2.75, 3.05) is 0 Å². The summed E-state index contributed by atoms with van der Waals surface area (Å²) in [6.45, 7) is 2.06. The van der Waals surface area contributed by atoms with Gasteiger partial charge in [0.2, 0.25) is 0 Å². The van der Waals surface area contributed by atoms with Crippen molar-refractivity contribution in [3.8, 4) is 6.07 Å². The van der Waals surface area contributed by atoms with Crippen molar-refractivity contribution < 1.29 is 4.79 Å². The van der Waals surface area contributed by atoms with Gasteiger partial charge in [-0.3, -0.25) is 4.79 Å². The fourth-order valence-corrected chi connectivity index (χ4v) is 3.15. The van der Waals surface area contributed by atoms with Crippen molar-refractivity contribution in [3.63, 3.8) is 0 Å². The largest absolute Gasteiger partial charge is 0.300 e. The Kier molecular flexibility index (Phi) is 3.73. The van der Waals surface area contributed by atoms with Gasteiger partial charge in [0, 0.05) is 17.9 Å². The number of benzene rings is 1. The lowest BCUT2D eigenvalue weighted by Gasteiger charge is -2.32. The van der Waals surface area contributed by atoms with Gasteiger partial charge in [0.15, 0.2) is 0 Å². The van der Waals surface area contributed by atoms with Crippen LogP contribution in [0.15, 0.2) is 18.2 Å². The number of Topliss-reactive ketones (excluding diaryl/α,β-unsaturated/α-hetero) is 1. The predicted molar refractivity (Wildman–Crippen MR) is 71.6 cm³/mol. The molecule has 18 heavy (non-hydrogen) atoms. The van der Waals surface area contributed by atoms with Crippen LogP contribution in [0, 0.1) is 11.3 Å². The molecule has 0 bridgehead atoms. The van der Waals surface area contributed by atoms with E-state index in [2.05, 4.69) is 13.0 Å². The Hall–Kier alpha value is -1.33. The van der Waals surface area contributed by atoms with E-state index in [-0.39, 0.29) is 5.78 Å². The topological polar surface area (TPSA) is 40.9 Å². The van der Waals surface area contributed by atoms with E-state index in [0.29, 0.717) is 30.7 Å². The van der Waals surface area contributed by atoms with E-state index in [9.17, 15) is 10.1 Å². The van der Waals surface area contributed by atoms with Crippen molar-refractivity contribution in [3.05, 3.63) is 34.3 Å². The molecule has 0 saturated heterocycles. The summed E-state index contributed by atoms with van der Waals surface area (Å²) in [6.07, 6.45) is 3.02. The Morgan fingerprint density at radius 1 is 1.39 bits per heavy atom. The maximum Gasteiger partial charge on any atom is 0.133 e. The third kappa shape index (κ3) is 2.15. The maximum atomic E-state index is 11.4. The van der Waals surface area contributed by atoms with E-state index < -0.39 is 5.41 Å². The summed E-state index contributed by atoms with van der Waals surface area (Å²) in [5.74, 6) is 0.256. The molecule has 0 aromatic heterocycles. The Morgan fingerprint density at radius 2 is 2.06 bits per heavy atom. The first-order chi connectivity index (χ1) is 8.63. The minimum absolute atomic E-state index is 0.256. The van der Waals surface area contributed by atoms with Crippen molar-refractivity contribution in [1.29, 1.82) is 5.26 Å². The van der Waals surface area contributed by atoms with Gasteiger partial charge in [-0.25, -0.2) is 0 Å². The van der Waals surface area contributed by atoms with Crippen LogP contribution in [0.1, 0.15) is 43.7 Å². The van der Waals surface area contributed by atoms with Crippen LogP contribution >= 0.6 is 11.6 Å². The zero-order valence-electron chi connectivity index (χ0n) is 10.5. The molecule has 1 fully saturated rings. The average Bonchev–Trinajstić information content (AvgIpc) is 2.40. The van der Waals surface area contributed by atoms with E-state index in [1.54, 1.807) is 0 Å². The minimum Gasteiger partial charge on any atom is -0.300 e.